The van der Waals surface area contributed by atoms with Gasteiger partial charge in [0.25, 0.3) is 11.8 Å². The highest BCUT2D eigenvalue weighted by Crippen LogP contribution is 2.32. The molecule has 4 rings (SSSR count). The van der Waals surface area contributed by atoms with Gasteiger partial charge in [-0.05, 0) is 60.7 Å². The van der Waals surface area contributed by atoms with Crippen LogP contribution >= 0.6 is 11.6 Å². The van der Waals surface area contributed by atoms with Gasteiger partial charge in [-0.15, -0.1) is 0 Å². The summed E-state index contributed by atoms with van der Waals surface area (Å²) in [4.78, 5) is 28.6. The molecule has 7 nitrogen and oxygen atoms in total. The lowest BCUT2D eigenvalue weighted by molar-refractivity contribution is -0.119. The molecule has 0 saturated carbocycles. The average Bonchev–Trinajstić information content (AvgIpc) is 2.82. The van der Waals surface area contributed by atoms with Crippen LogP contribution in [0.25, 0.3) is 22.2 Å². The Morgan fingerprint density at radius 3 is 2.52 bits per heavy atom. The van der Waals surface area contributed by atoms with E-state index in [1.807, 2.05) is 24.3 Å². The number of rotatable bonds is 7. The Labute approximate surface area is 195 Å². The molecule has 0 fully saturated rings. The predicted molar refractivity (Wildman–Crippen MR) is 128 cm³/mol. The average molecular weight is 462 g/mol. The maximum Gasteiger partial charge on any atom is 0.255 e. The molecule has 2 amide bonds. The Balaban J connectivity index is 1.71. The van der Waals surface area contributed by atoms with Gasteiger partial charge >= 0.3 is 0 Å². The van der Waals surface area contributed by atoms with E-state index in [2.05, 4.69) is 5.32 Å². The summed E-state index contributed by atoms with van der Waals surface area (Å²) in [5.41, 5.74) is 8.37. The number of primary amides is 1. The normalized spacial score (nSPS) is 10.6. The standard InChI is InChI=1S/C25H20ClN3O4/c1-32-19-8-5-15(6-9-19)22-13-23(33-14-24(27)30)20-12-18(7-10-21(20)29-22)28-25(31)16-3-2-4-17(26)11-16/h2-13H,14H2,1H3,(H2,27,30)(H,28,31). The largest absolute Gasteiger partial charge is 0.497 e. The van der Waals surface area contributed by atoms with Crippen LogP contribution in [0.15, 0.2) is 72.8 Å². The molecular weight excluding hydrogens is 442 g/mol. The first kappa shape index (κ1) is 22.1. The number of carbonyl (C=O) groups is 2. The predicted octanol–water partition coefficient (Wildman–Crippen LogP) is 4.68. The second-order valence-electron chi connectivity index (χ2n) is 7.19. The quantitative estimate of drug-likeness (QED) is 0.416. The van der Waals surface area contributed by atoms with Crippen molar-refractivity contribution in [1.29, 1.82) is 0 Å². The van der Waals surface area contributed by atoms with Crippen molar-refractivity contribution in [2.45, 2.75) is 0 Å². The summed E-state index contributed by atoms with van der Waals surface area (Å²) in [5, 5.41) is 3.94. The number of methoxy groups -OCH3 is 1. The van der Waals surface area contributed by atoms with E-state index in [1.54, 1.807) is 55.6 Å². The van der Waals surface area contributed by atoms with Crippen molar-refractivity contribution >= 4 is 40.0 Å². The van der Waals surface area contributed by atoms with Crippen molar-refractivity contribution in [2.24, 2.45) is 5.73 Å². The van der Waals surface area contributed by atoms with Gasteiger partial charge in [0.05, 0.1) is 18.3 Å². The van der Waals surface area contributed by atoms with E-state index >= 15 is 0 Å². The van der Waals surface area contributed by atoms with E-state index in [0.717, 1.165) is 11.3 Å². The fourth-order valence-corrected chi connectivity index (χ4v) is 3.47. The van der Waals surface area contributed by atoms with Gasteiger partial charge < -0.3 is 20.5 Å². The van der Waals surface area contributed by atoms with Crippen molar-refractivity contribution in [1.82, 2.24) is 4.98 Å². The molecule has 0 saturated heterocycles. The minimum Gasteiger partial charge on any atom is -0.497 e. The molecule has 3 N–H and O–H groups in total. The molecule has 0 unspecified atom stereocenters. The lowest BCUT2D eigenvalue weighted by Gasteiger charge is -2.13. The van der Waals surface area contributed by atoms with Crippen molar-refractivity contribution in [3.8, 4) is 22.8 Å². The Kier molecular flexibility index (Phi) is 6.42. The van der Waals surface area contributed by atoms with Gasteiger partial charge in [-0.1, -0.05) is 17.7 Å². The number of aromatic nitrogens is 1. The van der Waals surface area contributed by atoms with Crippen LogP contribution in [0, 0.1) is 0 Å². The van der Waals surface area contributed by atoms with Crippen molar-refractivity contribution in [3.05, 3.63) is 83.4 Å². The number of benzene rings is 3. The number of anilines is 1. The van der Waals surface area contributed by atoms with E-state index in [4.69, 9.17) is 31.8 Å². The number of pyridine rings is 1. The topological polar surface area (TPSA) is 104 Å². The van der Waals surface area contributed by atoms with Gasteiger partial charge in [0, 0.05) is 33.3 Å². The molecule has 3 aromatic carbocycles. The number of fused-ring (bicyclic) bond motifs is 1. The number of hydrogen-bond acceptors (Lipinski definition) is 5. The maximum atomic E-state index is 12.6. The summed E-state index contributed by atoms with van der Waals surface area (Å²) >= 11 is 5.98. The Bertz CT molecular complexity index is 1340. The molecule has 4 aromatic rings. The number of nitrogens with one attached hydrogen (secondary N) is 1. The van der Waals surface area contributed by atoms with E-state index < -0.39 is 5.91 Å². The van der Waals surface area contributed by atoms with Gasteiger partial charge in [0.1, 0.15) is 11.5 Å². The minimum absolute atomic E-state index is 0.291. The van der Waals surface area contributed by atoms with Gasteiger partial charge in [-0.25, -0.2) is 4.98 Å². The number of hydrogen-bond donors (Lipinski definition) is 2. The summed E-state index contributed by atoms with van der Waals surface area (Å²) < 4.78 is 10.9. The number of carbonyl (C=O) groups excluding carboxylic acids is 2. The second kappa shape index (κ2) is 9.58. The monoisotopic (exact) mass is 461 g/mol. The first-order valence-corrected chi connectivity index (χ1v) is 10.4. The van der Waals surface area contributed by atoms with Crippen molar-refractivity contribution in [3.63, 3.8) is 0 Å². The third-order valence-corrected chi connectivity index (χ3v) is 5.11. The van der Waals surface area contributed by atoms with Crippen LogP contribution in [0.1, 0.15) is 10.4 Å². The molecule has 1 heterocycles. The summed E-state index contributed by atoms with van der Waals surface area (Å²) in [6, 6.07) is 21.1. The van der Waals surface area contributed by atoms with Gasteiger partial charge in [-0.3, -0.25) is 9.59 Å². The van der Waals surface area contributed by atoms with Crippen molar-refractivity contribution < 1.29 is 19.1 Å². The van der Waals surface area contributed by atoms with Crippen LogP contribution in [-0.4, -0.2) is 30.5 Å². The Morgan fingerprint density at radius 1 is 1.03 bits per heavy atom. The molecule has 0 spiro atoms. The van der Waals surface area contributed by atoms with Crippen LogP contribution in [0.5, 0.6) is 11.5 Å². The molecule has 8 heteroatoms. The van der Waals surface area contributed by atoms with Crippen LogP contribution in [0.4, 0.5) is 5.69 Å². The molecule has 166 valence electrons. The summed E-state index contributed by atoms with van der Waals surface area (Å²) in [7, 11) is 1.60. The van der Waals surface area contributed by atoms with E-state index in [9.17, 15) is 9.59 Å². The van der Waals surface area contributed by atoms with E-state index in [1.165, 1.54) is 0 Å². The third kappa shape index (κ3) is 5.22. The lowest BCUT2D eigenvalue weighted by Crippen LogP contribution is -2.20. The zero-order chi connectivity index (χ0) is 23.4. The zero-order valence-corrected chi connectivity index (χ0v) is 18.4. The van der Waals surface area contributed by atoms with Crippen molar-refractivity contribution in [2.75, 3.05) is 19.0 Å². The van der Waals surface area contributed by atoms with Crippen LogP contribution in [0.3, 0.4) is 0 Å². The van der Waals surface area contributed by atoms with Gasteiger partial charge in [0.2, 0.25) is 0 Å². The lowest BCUT2D eigenvalue weighted by atomic mass is 10.1. The maximum absolute atomic E-state index is 12.6. The van der Waals surface area contributed by atoms with Gasteiger partial charge in [0.15, 0.2) is 6.61 Å². The fraction of sp³-hybridized carbons (Fsp3) is 0.0800. The highest BCUT2D eigenvalue weighted by atomic mass is 35.5. The second-order valence-corrected chi connectivity index (χ2v) is 7.62. The Morgan fingerprint density at radius 2 is 1.82 bits per heavy atom. The number of amides is 2. The first-order valence-electron chi connectivity index (χ1n) is 10.00. The minimum atomic E-state index is -0.601. The highest BCUT2D eigenvalue weighted by Gasteiger charge is 2.13. The smallest absolute Gasteiger partial charge is 0.255 e. The molecule has 0 aliphatic rings. The molecule has 0 aliphatic carbocycles. The molecular formula is C25H20ClN3O4. The highest BCUT2D eigenvalue weighted by molar-refractivity contribution is 6.31. The number of nitrogens with zero attached hydrogens (tertiary/aromatic N) is 1. The summed E-state index contributed by atoms with van der Waals surface area (Å²) in [6.07, 6.45) is 0. The van der Waals surface area contributed by atoms with Crippen LogP contribution < -0.4 is 20.5 Å². The van der Waals surface area contributed by atoms with E-state index in [-0.39, 0.29) is 12.5 Å². The molecule has 0 aliphatic heterocycles. The molecule has 33 heavy (non-hydrogen) atoms. The summed E-state index contributed by atoms with van der Waals surface area (Å²) in [6.45, 7) is -0.291. The number of halogens is 1. The molecule has 1 aromatic heterocycles. The molecule has 0 atom stereocenters. The van der Waals surface area contributed by atoms with Crippen LogP contribution in [0.2, 0.25) is 5.02 Å². The van der Waals surface area contributed by atoms with E-state index in [0.29, 0.717) is 38.6 Å². The Hall–Kier alpha value is -4.10. The third-order valence-electron chi connectivity index (χ3n) is 4.87. The zero-order valence-electron chi connectivity index (χ0n) is 17.7. The molecule has 0 radical (unpaired) electrons. The summed E-state index contributed by atoms with van der Waals surface area (Å²) in [5.74, 6) is 0.240. The van der Waals surface area contributed by atoms with Crippen LogP contribution in [-0.2, 0) is 4.79 Å². The fourth-order valence-electron chi connectivity index (χ4n) is 3.28. The van der Waals surface area contributed by atoms with Gasteiger partial charge in [-0.2, -0.15) is 0 Å². The molecule has 0 bridgehead atoms. The first-order chi connectivity index (χ1) is 15.9. The number of ether oxygens (including phenoxy) is 2. The SMILES string of the molecule is COc1ccc(-c2cc(OCC(N)=O)c3cc(NC(=O)c4cccc(Cl)c4)ccc3n2)cc1. The number of nitrogens with two attached hydrogens (primary N) is 1.